The number of hydrogen-bond donors (Lipinski definition) is 2. The van der Waals surface area contributed by atoms with Crippen molar-refractivity contribution in [1.82, 2.24) is 10.6 Å². The molecule has 0 heterocycles. The lowest BCUT2D eigenvalue weighted by atomic mass is 10.1. The standard InChI is InChI=1S/C16H22F3N3S/c1-20-15(22-13-6-7-14(9-13)23-2)21-10-11-4-3-5-12(8-11)16(17,18)19/h3-5,8,13-14H,6-7,9-10H2,1-2H3,(H2,20,21,22). The third-order valence-corrected chi connectivity index (χ3v) is 5.09. The van der Waals surface area contributed by atoms with Crippen LogP contribution in [0.1, 0.15) is 30.4 Å². The molecule has 23 heavy (non-hydrogen) atoms. The van der Waals surface area contributed by atoms with E-state index in [1.165, 1.54) is 18.6 Å². The maximum Gasteiger partial charge on any atom is 0.416 e. The molecule has 0 aliphatic heterocycles. The Bertz CT molecular complexity index is 546. The maximum atomic E-state index is 12.7. The highest BCUT2D eigenvalue weighted by Gasteiger charge is 2.30. The lowest BCUT2D eigenvalue weighted by Gasteiger charge is -2.17. The van der Waals surface area contributed by atoms with E-state index in [4.69, 9.17) is 0 Å². The fourth-order valence-corrected chi connectivity index (χ4v) is 3.51. The molecule has 1 aromatic rings. The van der Waals surface area contributed by atoms with Crippen LogP contribution in [0.15, 0.2) is 29.3 Å². The fraction of sp³-hybridized carbons (Fsp3) is 0.562. The maximum absolute atomic E-state index is 12.7. The Hall–Kier alpha value is -1.37. The second-order valence-electron chi connectivity index (χ2n) is 5.64. The molecule has 7 heteroatoms. The van der Waals surface area contributed by atoms with Gasteiger partial charge in [-0.1, -0.05) is 12.1 Å². The van der Waals surface area contributed by atoms with Crippen molar-refractivity contribution in [2.45, 2.75) is 43.3 Å². The molecule has 3 nitrogen and oxygen atoms in total. The fourth-order valence-electron chi connectivity index (χ4n) is 2.72. The first-order valence-electron chi connectivity index (χ1n) is 7.58. The van der Waals surface area contributed by atoms with Crippen LogP contribution >= 0.6 is 11.8 Å². The molecule has 1 aliphatic rings. The van der Waals surface area contributed by atoms with Crippen molar-refractivity contribution in [2.24, 2.45) is 4.99 Å². The molecular weight excluding hydrogens is 323 g/mol. The van der Waals surface area contributed by atoms with Gasteiger partial charge in [-0.15, -0.1) is 0 Å². The average molecular weight is 345 g/mol. The third-order valence-electron chi connectivity index (χ3n) is 4.00. The first-order chi connectivity index (χ1) is 10.9. The van der Waals surface area contributed by atoms with E-state index < -0.39 is 11.7 Å². The summed E-state index contributed by atoms with van der Waals surface area (Å²) in [6.45, 7) is 0.308. The molecule has 1 aromatic carbocycles. The number of aliphatic imine (C=N–C) groups is 1. The van der Waals surface area contributed by atoms with Gasteiger partial charge < -0.3 is 10.6 Å². The topological polar surface area (TPSA) is 36.4 Å². The van der Waals surface area contributed by atoms with Crippen molar-refractivity contribution in [3.8, 4) is 0 Å². The molecule has 2 atom stereocenters. The lowest BCUT2D eigenvalue weighted by molar-refractivity contribution is -0.137. The van der Waals surface area contributed by atoms with Crippen LogP contribution in [0.2, 0.25) is 0 Å². The molecule has 0 radical (unpaired) electrons. The van der Waals surface area contributed by atoms with Crippen molar-refractivity contribution in [1.29, 1.82) is 0 Å². The Morgan fingerprint density at radius 3 is 2.74 bits per heavy atom. The van der Waals surface area contributed by atoms with E-state index in [2.05, 4.69) is 21.9 Å². The summed E-state index contributed by atoms with van der Waals surface area (Å²) >= 11 is 1.88. The van der Waals surface area contributed by atoms with Gasteiger partial charge in [0.2, 0.25) is 0 Å². The SMILES string of the molecule is CN=C(NCc1cccc(C(F)(F)F)c1)NC1CCC(SC)C1. The van der Waals surface area contributed by atoms with E-state index in [1.54, 1.807) is 13.1 Å². The van der Waals surface area contributed by atoms with E-state index in [1.807, 2.05) is 11.8 Å². The van der Waals surface area contributed by atoms with Crippen molar-refractivity contribution >= 4 is 17.7 Å². The van der Waals surface area contributed by atoms with Gasteiger partial charge >= 0.3 is 6.18 Å². The molecule has 0 spiro atoms. The predicted molar refractivity (Wildman–Crippen MR) is 89.7 cm³/mol. The summed E-state index contributed by atoms with van der Waals surface area (Å²) in [7, 11) is 1.67. The van der Waals surface area contributed by atoms with Crippen LogP contribution in [0.25, 0.3) is 0 Å². The van der Waals surface area contributed by atoms with Crippen LogP contribution < -0.4 is 10.6 Å². The van der Waals surface area contributed by atoms with Gasteiger partial charge in [-0.05, 0) is 43.2 Å². The quantitative estimate of drug-likeness (QED) is 0.646. The number of hydrogen-bond acceptors (Lipinski definition) is 2. The highest BCUT2D eigenvalue weighted by molar-refractivity contribution is 7.99. The summed E-state index contributed by atoms with van der Waals surface area (Å²) < 4.78 is 38.1. The van der Waals surface area contributed by atoms with Crippen molar-refractivity contribution in [3.63, 3.8) is 0 Å². The van der Waals surface area contributed by atoms with Crippen LogP contribution in [0.5, 0.6) is 0 Å². The van der Waals surface area contributed by atoms with Crippen LogP contribution in [0, 0.1) is 0 Å². The van der Waals surface area contributed by atoms with Gasteiger partial charge in [0.15, 0.2) is 5.96 Å². The Balaban J connectivity index is 1.89. The van der Waals surface area contributed by atoms with Gasteiger partial charge in [0.05, 0.1) is 5.56 Å². The Morgan fingerprint density at radius 2 is 2.13 bits per heavy atom. The van der Waals surface area contributed by atoms with Crippen LogP contribution in [0.4, 0.5) is 13.2 Å². The molecule has 2 unspecified atom stereocenters. The molecule has 0 amide bonds. The van der Waals surface area contributed by atoms with Crippen molar-refractivity contribution in [2.75, 3.05) is 13.3 Å². The number of benzene rings is 1. The number of nitrogens with zero attached hydrogens (tertiary/aromatic N) is 1. The minimum absolute atomic E-state index is 0.308. The Morgan fingerprint density at radius 1 is 1.35 bits per heavy atom. The first-order valence-corrected chi connectivity index (χ1v) is 8.87. The average Bonchev–Trinajstić information content (AvgIpc) is 2.98. The molecule has 1 saturated carbocycles. The molecule has 0 saturated heterocycles. The smallest absolute Gasteiger partial charge is 0.354 e. The van der Waals surface area contributed by atoms with E-state index in [0.29, 0.717) is 29.4 Å². The number of nitrogens with one attached hydrogen (secondary N) is 2. The van der Waals surface area contributed by atoms with Crippen LogP contribution in [-0.4, -0.2) is 30.6 Å². The minimum Gasteiger partial charge on any atom is -0.354 e. The third kappa shape index (κ3) is 5.34. The van der Waals surface area contributed by atoms with Crippen molar-refractivity contribution in [3.05, 3.63) is 35.4 Å². The zero-order chi connectivity index (χ0) is 16.9. The zero-order valence-electron chi connectivity index (χ0n) is 13.3. The van der Waals surface area contributed by atoms with E-state index in [0.717, 1.165) is 18.9 Å². The number of thioether (sulfide) groups is 1. The molecule has 2 N–H and O–H groups in total. The molecule has 1 fully saturated rings. The minimum atomic E-state index is -4.31. The van der Waals surface area contributed by atoms with E-state index >= 15 is 0 Å². The van der Waals surface area contributed by atoms with Crippen molar-refractivity contribution < 1.29 is 13.2 Å². The van der Waals surface area contributed by atoms with E-state index in [9.17, 15) is 13.2 Å². The summed E-state index contributed by atoms with van der Waals surface area (Å²) in [6.07, 6.45) is 1.17. The largest absolute Gasteiger partial charge is 0.416 e. The number of alkyl halides is 3. The van der Waals surface area contributed by atoms with Gasteiger partial charge in [0, 0.05) is 24.9 Å². The lowest BCUT2D eigenvalue weighted by Crippen LogP contribution is -2.42. The second-order valence-corrected chi connectivity index (χ2v) is 6.77. The summed E-state index contributed by atoms with van der Waals surface area (Å²) in [5.74, 6) is 0.633. The predicted octanol–water partition coefficient (Wildman–Crippen LogP) is 3.65. The summed E-state index contributed by atoms with van der Waals surface area (Å²) in [5.41, 5.74) is -0.0467. The monoisotopic (exact) mass is 345 g/mol. The van der Waals surface area contributed by atoms with Gasteiger partial charge in [-0.3, -0.25) is 4.99 Å². The summed E-state index contributed by atoms with van der Waals surface area (Å²) in [6, 6.07) is 5.72. The van der Waals surface area contributed by atoms with E-state index in [-0.39, 0.29) is 0 Å². The van der Waals surface area contributed by atoms with Gasteiger partial charge in [-0.2, -0.15) is 24.9 Å². The van der Waals surface area contributed by atoms with Crippen LogP contribution in [-0.2, 0) is 12.7 Å². The Labute approximate surface area is 139 Å². The molecule has 1 aliphatic carbocycles. The van der Waals surface area contributed by atoms with Gasteiger partial charge in [0.25, 0.3) is 0 Å². The highest BCUT2D eigenvalue weighted by atomic mass is 32.2. The summed E-state index contributed by atoms with van der Waals surface area (Å²) in [4.78, 5) is 4.15. The zero-order valence-corrected chi connectivity index (χ0v) is 14.1. The molecule has 0 aromatic heterocycles. The van der Waals surface area contributed by atoms with Gasteiger partial charge in [-0.25, -0.2) is 0 Å². The number of guanidine groups is 1. The Kier molecular flexibility index (Phi) is 6.21. The molecule has 2 rings (SSSR count). The van der Waals surface area contributed by atoms with Crippen LogP contribution in [0.3, 0.4) is 0 Å². The molecule has 0 bridgehead atoms. The molecule has 128 valence electrons. The summed E-state index contributed by atoms with van der Waals surface area (Å²) in [5, 5.41) is 7.11. The number of halogens is 3. The van der Waals surface area contributed by atoms with Gasteiger partial charge in [0.1, 0.15) is 0 Å². The highest BCUT2D eigenvalue weighted by Crippen LogP contribution is 2.29. The number of rotatable bonds is 4. The normalized spacial score (nSPS) is 22.2. The molecular formula is C16H22F3N3S. The second kappa shape index (κ2) is 7.95. The first kappa shape index (κ1) is 18.0.